The lowest BCUT2D eigenvalue weighted by atomic mass is 9.96. The molecule has 1 aromatic carbocycles. The second kappa shape index (κ2) is 5.26. The highest BCUT2D eigenvalue weighted by Gasteiger charge is 2.15. The van der Waals surface area contributed by atoms with Crippen LogP contribution in [0.5, 0.6) is 0 Å². The molecule has 0 heterocycles. The first-order valence-corrected chi connectivity index (χ1v) is 5.49. The second-order valence-corrected chi connectivity index (χ2v) is 4.53. The topological polar surface area (TPSA) is 26.0 Å². The van der Waals surface area contributed by atoms with Crippen LogP contribution in [0.4, 0.5) is 4.39 Å². The Morgan fingerprint density at radius 1 is 1.13 bits per heavy atom. The van der Waals surface area contributed by atoms with Gasteiger partial charge in [-0.1, -0.05) is 24.3 Å². The van der Waals surface area contributed by atoms with Crippen molar-refractivity contribution in [3.05, 3.63) is 35.4 Å². The van der Waals surface area contributed by atoms with E-state index in [0.717, 1.165) is 12.8 Å². The van der Waals surface area contributed by atoms with E-state index in [4.69, 9.17) is 5.73 Å². The molecule has 0 spiro atoms. The maximum absolute atomic E-state index is 13.4. The lowest BCUT2D eigenvalue weighted by molar-refractivity contribution is 0.202. The summed E-state index contributed by atoms with van der Waals surface area (Å²) in [5.41, 5.74) is 6.93. The monoisotopic (exact) mass is 209 g/mol. The second-order valence-electron chi connectivity index (χ2n) is 4.53. The Balaban J connectivity index is 2.67. The fourth-order valence-corrected chi connectivity index (χ4v) is 1.63. The van der Waals surface area contributed by atoms with Crippen molar-refractivity contribution in [3.63, 3.8) is 0 Å². The summed E-state index contributed by atoms with van der Waals surface area (Å²) >= 11 is 0. The third-order valence-electron chi connectivity index (χ3n) is 2.52. The van der Waals surface area contributed by atoms with Crippen LogP contribution in [0.1, 0.15) is 31.4 Å². The number of hydrogen-bond acceptors (Lipinski definition) is 1. The minimum atomic E-state index is -1.09. The molecular formula is C13H20FN. The first-order valence-electron chi connectivity index (χ1n) is 5.49. The molecule has 0 aliphatic heterocycles. The highest BCUT2D eigenvalue weighted by Crippen LogP contribution is 2.19. The smallest absolute Gasteiger partial charge is 0.105 e. The summed E-state index contributed by atoms with van der Waals surface area (Å²) in [7, 11) is 0. The Labute approximate surface area is 91.5 Å². The van der Waals surface area contributed by atoms with Crippen LogP contribution in [-0.2, 0) is 12.8 Å². The van der Waals surface area contributed by atoms with Crippen LogP contribution in [-0.4, -0.2) is 12.2 Å². The molecule has 0 saturated carbocycles. The number of alkyl halides is 1. The first kappa shape index (κ1) is 12.2. The van der Waals surface area contributed by atoms with E-state index in [2.05, 4.69) is 12.1 Å². The van der Waals surface area contributed by atoms with Crippen molar-refractivity contribution < 1.29 is 4.39 Å². The van der Waals surface area contributed by atoms with Crippen LogP contribution >= 0.6 is 0 Å². The lowest BCUT2D eigenvalue weighted by Crippen LogP contribution is -2.14. The van der Waals surface area contributed by atoms with E-state index in [1.165, 1.54) is 11.1 Å². The van der Waals surface area contributed by atoms with E-state index in [9.17, 15) is 4.39 Å². The Hall–Kier alpha value is -0.890. The third kappa shape index (κ3) is 4.43. The molecule has 84 valence electrons. The molecule has 0 aromatic heterocycles. The molecule has 1 rings (SSSR count). The van der Waals surface area contributed by atoms with Crippen molar-refractivity contribution >= 4 is 0 Å². The third-order valence-corrected chi connectivity index (χ3v) is 2.52. The van der Waals surface area contributed by atoms with Gasteiger partial charge >= 0.3 is 0 Å². The van der Waals surface area contributed by atoms with Crippen molar-refractivity contribution in [3.8, 4) is 0 Å². The Morgan fingerprint density at radius 2 is 1.67 bits per heavy atom. The quantitative estimate of drug-likeness (QED) is 0.793. The van der Waals surface area contributed by atoms with Crippen LogP contribution in [0.15, 0.2) is 24.3 Å². The fourth-order valence-electron chi connectivity index (χ4n) is 1.63. The normalized spacial score (nSPS) is 11.7. The zero-order valence-corrected chi connectivity index (χ0v) is 9.59. The van der Waals surface area contributed by atoms with Crippen LogP contribution in [0.25, 0.3) is 0 Å². The number of aryl methyl sites for hydroxylation is 1. The lowest BCUT2D eigenvalue weighted by Gasteiger charge is -2.15. The molecule has 0 aliphatic rings. The van der Waals surface area contributed by atoms with Crippen LogP contribution < -0.4 is 5.73 Å². The van der Waals surface area contributed by atoms with Gasteiger partial charge in [-0.3, -0.25) is 0 Å². The number of halogens is 1. The van der Waals surface area contributed by atoms with Crippen molar-refractivity contribution in [1.29, 1.82) is 0 Å². The molecule has 0 atom stereocenters. The van der Waals surface area contributed by atoms with Crippen LogP contribution in [0.2, 0.25) is 0 Å². The summed E-state index contributed by atoms with van der Waals surface area (Å²) < 4.78 is 13.4. The molecule has 2 heteroatoms. The van der Waals surface area contributed by atoms with Gasteiger partial charge in [0.1, 0.15) is 5.67 Å². The molecule has 1 nitrogen and oxygen atoms in total. The fraction of sp³-hybridized carbons (Fsp3) is 0.538. The van der Waals surface area contributed by atoms with Crippen molar-refractivity contribution in [2.24, 2.45) is 5.73 Å². The van der Waals surface area contributed by atoms with E-state index >= 15 is 0 Å². The minimum Gasteiger partial charge on any atom is -0.330 e. The van der Waals surface area contributed by atoms with Crippen molar-refractivity contribution in [1.82, 2.24) is 0 Å². The van der Waals surface area contributed by atoms with Gasteiger partial charge in [0, 0.05) is 0 Å². The van der Waals surface area contributed by atoms with Gasteiger partial charge in [-0.15, -0.1) is 0 Å². The van der Waals surface area contributed by atoms with Gasteiger partial charge in [0.15, 0.2) is 0 Å². The van der Waals surface area contributed by atoms with Gasteiger partial charge in [-0.25, -0.2) is 4.39 Å². The molecule has 2 N–H and O–H groups in total. The van der Waals surface area contributed by atoms with Gasteiger partial charge in [-0.05, 0) is 50.8 Å². The summed E-state index contributed by atoms with van der Waals surface area (Å²) in [6.45, 7) is 3.90. The largest absolute Gasteiger partial charge is 0.330 e. The first-order chi connectivity index (χ1) is 7.03. The molecule has 0 amide bonds. The summed E-state index contributed by atoms with van der Waals surface area (Å²) in [6.07, 6.45) is 2.23. The Morgan fingerprint density at radius 3 is 2.13 bits per heavy atom. The molecule has 0 unspecified atom stereocenters. The molecule has 0 aliphatic carbocycles. The molecule has 0 saturated heterocycles. The molecular weight excluding hydrogens is 189 g/mol. The highest BCUT2D eigenvalue weighted by molar-refractivity contribution is 5.27. The Bertz CT molecular complexity index is 302. The highest BCUT2D eigenvalue weighted by atomic mass is 19.1. The SMILES string of the molecule is CC(C)(F)CCc1ccccc1CCN. The van der Waals surface area contributed by atoms with Gasteiger partial charge < -0.3 is 5.73 Å². The van der Waals surface area contributed by atoms with Gasteiger partial charge in [0.2, 0.25) is 0 Å². The maximum atomic E-state index is 13.4. The van der Waals surface area contributed by atoms with Crippen LogP contribution in [0.3, 0.4) is 0 Å². The minimum absolute atomic E-state index is 0.564. The van der Waals surface area contributed by atoms with Gasteiger partial charge in [-0.2, -0.15) is 0 Å². The average Bonchev–Trinajstić information content (AvgIpc) is 2.16. The molecule has 1 aromatic rings. The van der Waals surface area contributed by atoms with Crippen molar-refractivity contribution in [2.75, 3.05) is 6.54 Å². The van der Waals surface area contributed by atoms with E-state index < -0.39 is 5.67 Å². The van der Waals surface area contributed by atoms with Gasteiger partial charge in [0.05, 0.1) is 0 Å². The number of nitrogens with two attached hydrogens (primary N) is 1. The van der Waals surface area contributed by atoms with E-state index in [1.807, 2.05) is 12.1 Å². The summed E-state index contributed by atoms with van der Waals surface area (Å²) in [5, 5.41) is 0. The number of rotatable bonds is 5. The zero-order valence-electron chi connectivity index (χ0n) is 9.59. The van der Waals surface area contributed by atoms with E-state index in [1.54, 1.807) is 13.8 Å². The molecule has 15 heavy (non-hydrogen) atoms. The standard InChI is InChI=1S/C13H20FN/c1-13(2,14)9-7-11-5-3-4-6-12(11)8-10-15/h3-6H,7-10,15H2,1-2H3. The van der Waals surface area contributed by atoms with E-state index in [0.29, 0.717) is 13.0 Å². The molecule has 0 fully saturated rings. The zero-order chi connectivity index (χ0) is 11.3. The summed E-state index contributed by atoms with van der Waals surface area (Å²) in [6, 6.07) is 8.15. The van der Waals surface area contributed by atoms with E-state index in [-0.39, 0.29) is 0 Å². The van der Waals surface area contributed by atoms with Gasteiger partial charge in [0.25, 0.3) is 0 Å². The maximum Gasteiger partial charge on any atom is 0.105 e. The van der Waals surface area contributed by atoms with Crippen LogP contribution in [0, 0.1) is 0 Å². The molecule has 0 bridgehead atoms. The Kier molecular flexibility index (Phi) is 4.28. The number of benzene rings is 1. The average molecular weight is 209 g/mol. The predicted molar refractivity (Wildman–Crippen MR) is 62.7 cm³/mol. The molecule has 0 radical (unpaired) electrons. The number of hydrogen-bond donors (Lipinski definition) is 1. The summed E-state index contributed by atoms with van der Waals surface area (Å²) in [4.78, 5) is 0. The predicted octanol–water partition coefficient (Wildman–Crippen LogP) is 2.87. The summed E-state index contributed by atoms with van der Waals surface area (Å²) in [5.74, 6) is 0. The van der Waals surface area contributed by atoms with Crippen molar-refractivity contribution in [2.45, 2.75) is 38.8 Å².